The summed E-state index contributed by atoms with van der Waals surface area (Å²) >= 11 is 0. The second-order valence-corrected chi connectivity index (χ2v) is 4.86. The van der Waals surface area contributed by atoms with E-state index >= 15 is 0 Å². The Morgan fingerprint density at radius 3 is 2.71 bits per heavy atom. The molecule has 4 N–H and O–H groups in total. The van der Waals surface area contributed by atoms with E-state index in [1.165, 1.54) is 24.5 Å². The highest BCUT2D eigenvalue weighted by Crippen LogP contribution is 2.42. The third-order valence-corrected chi connectivity index (χ3v) is 3.60. The number of fused-ring (bicyclic) bond motifs is 1. The predicted molar refractivity (Wildman–Crippen MR) is 69.3 cm³/mol. The molecule has 110 valence electrons. The van der Waals surface area contributed by atoms with Crippen LogP contribution in [0.25, 0.3) is 0 Å². The Labute approximate surface area is 118 Å². The van der Waals surface area contributed by atoms with Crippen molar-refractivity contribution in [2.75, 3.05) is 0 Å². The van der Waals surface area contributed by atoms with Crippen LogP contribution in [0.15, 0.2) is 42.7 Å². The standard InChI is InChI=1S/C14H12F3N3O/c15-14(16,17)9-3-1-2-8(6-9)13(19)10-4-5-20-7-11(10)21-12(13)18/h1-7,12H,18-19H2. The van der Waals surface area contributed by atoms with E-state index in [2.05, 4.69) is 4.98 Å². The zero-order valence-corrected chi connectivity index (χ0v) is 10.8. The number of benzene rings is 1. The minimum Gasteiger partial charge on any atom is -0.471 e. The van der Waals surface area contributed by atoms with Crippen LogP contribution in [0.1, 0.15) is 16.7 Å². The smallest absolute Gasteiger partial charge is 0.416 e. The normalized spacial score (nSPS) is 24.5. The van der Waals surface area contributed by atoms with Gasteiger partial charge in [-0.05, 0) is 23.8 Å². The molecule has 0 saturated heterocycles. The fourth-order valence-corrected chi connectivity index (χ4v) is 2.47. The molecule has 0 amide bonds. The third kappa shape index (κ3) is 2.05. The van der Waals surface area contributed by atoms with E-state index in [1.54, 1.807) is 6.07 Å². The Balaban J connectivity index is 2.16. The molecule has 0 fully saturated rings. The van der Waals surface area contributed by atoms with Crippen molar-refractivity contribution in [3.8, 4) is 5.75 Å². The van der Waals surface area contributed by atoms with Crippen molar-refractivity contribution in [1.29, 1.82) is 0 Å². The van der Waals surface area contributed by atoms with Crippen molar-refractivity contribution in [3.05, 3.63) is 59.4 Å². The van der Waals surface area contributed by atoms with E-state index < -0.39 is 23.5 Å². The first kappa shape index (κ1) is 13.8. The first-order valence-corrected chi connectivity index (χ1v) is 6.17. The second kappa shape index (κ2) is 4.44. The van der Waals surface area contributed by atoms with Crippen LogP contribution in [0.2, 0.25) is 0 Å². The lowest BCUT2D eigenvalue weighted by atomic mass is 9.83. The van der Waals surface area contributed by atoms with Gasteiger partial charge < -0.3 is 10.5 Å². The highest BCUT2D eigenvalue weighted by molar-refractivity contribution is 5.50. The average molecular weight is 295 g/mol. The fraction of sp³-hybridized carbons (Fsp3) is 0.214. The van der Waals surface area contributed by atoms with E-state index in [0.717, 1.165) is 12.1 Å². The maximum absolute atomic E-state index is 12.9. The number of alkyl halides is 3. The maximum Gasteiger partial charge on any atom is 0.416 e. The lowest BCUT2D eigenvalue weighted by Crippen LogP contribution is -2.52. The van der Waals surface area contributed by atoms with Gasteiger partial charge in [0.25, 0.3) is 0 Å². The molecule has 7 heteroatoms. The molecule has 0 saturated carbocycles. The lowest BCUT2D eigenvalue weighted by Gasteiger charge is -2.28. The summed E-state index contributed by atoms with van der Waals surface area (Å²) in [5.74, 6) is 0.380. The molecule has 2 heterocycles. The molecule has 3 rings (SSSR count). The van der Waals surface area contributed by atoms with E-state index in [4.69, 9.17) is 16.2 Å². The minimum atomic E-state index is -4.45. The summed E-state index contributed by atoms with van der Waals surface area (Å²) in [6.45, 7) is 0. The molecule has 2 atom stereocenters. The fourth-order valence-electron chi connectivity index (χ4n) is 2.47. The lowest BCUT2D eigenvalue weighted by molar-refractivity contribution is -0.137. The molecule has 2 unspecified atom stereocenters. The van der Waals surface area contributed by atoms with Gasteiger partial charge in [0.2, 0.25) is 0 Å². The number of ether oxygens (including phenoxy) is 1. The molecule has 1 aromatic carbocycles. The molecule has 1 aliphatic rings. The summed E-state index contributed by atoms with van der Waals surface area (Å²) < 4.78 is 44.0. The summed E-state index contributed by atoms with van der Waals surface area (Å²) in [5.41, 5.74) is 10.8. The van der Waals surface area contributed by atoms with E-state index in [9.17, 15) is 13.2 Å². The molecule has 4 nitrogen and oxygen atoms in total. The number of pyridine rings is 1. The number of halogens is 3. The molecule has 0 aliphatic carbocycles. The number of nitrogens with two attached hydrogens (primary N) is 2. The summed E-state index contributed by atoms with van der Waals surface area (Å²) in [6.07, 6.45) is -2.50. The Morgan fingerprint density at radius 2 is 2.00 bits per heavy atom. The average Bonchev–Trinajstić information content (AvgIpc) is 2.71. The van der Waals surface area contributed by atoms with Gasteiger partial charge in [0, 0.05) is 11.8 Å². The van der Waals surface area contributed by atoms with E-state index in [1.807, 2.05) is 0 Å². The van der Waals surface area contributed by atoms with Crippen molar-refractivity contribution in [1.82, 2.24) is 4.98 Å². The Hall–Kier alpha value is -2.12. The van der Waals surface area contributed by atoms with Gasteiger partial charge in [-0.1, -0.05) is 12.1 Å². The van der Waals surface area contributed by atoms with Crippen LogP contribution in [-0.2, 0) is 11.7 Å². The highest BCUT2D eigenvalue weighted by Gasteiger charge is 2.46. The Bertz CT molecular complexity index is 689. The van der Waals surface area contributed by atoms with Gasteiger partial charge in [-0.15, -0.1) is 0 Å². The summed E-state index contributed by atoms with van der Waals surface area (Å²) in [7, 11) is 0. The minimum absolute atomic E-state index is 0.245. The predicted octanol–water partition coefficient (Wildman–Crippen LogP) is 1.98. The van der Waals surface area contributed by atoms with Crippen LogP contribution in [0.5, 0.6) is 5.75 Å². The zero-order valence-electron chi connectivity index (χ0n) is 10.8. The quantitative estimate of drug-likeness (QED) is 0.843. The largest absolute Gasteiger partial charge is 0.471 e. The van der Waals surface area contributed by atoms with Crippen molar-refractivity contribution in [3.63, 3.8) is 0 Å². The van der Waals surface area contributed by atoms with Crippen molar-refractivity contribution in [2.24, 2.45) is 11.5 Å². The van der Waals surface area contributed by atoms with Crippen molar-refractivity contribution < 1.29 is 17.9 Å². The molecular weight excluding hydrogens is 283 g/mol. The number of nitrogens with zero attached hydrogens (tertiary/aromatic N) is 1. The van der Waals surface area contributed by atoms with Crippen molar-refractivity contribution >= 4 is 0 Å². The molecule has 2 aromatic rings. The summed E-state index contributed by atoms with van der Waals surface area (Å²) in [6, 6.07) is 6.40. The molecule has 1 aromatic heterocycles. The molecule has 0 bridgehead atoms. The first-order valence-electron chi connectivity index (χ1n) is 6.17. The van der Waals surface area contributed by atoms with Gasteiger partial charge in [-0.2, -0.15) is 13.2 Å². The number of hydrogen-bond acceptors (Lipinski definition) is 4. The molecule has 1 aliphatic heterocycles. The summed E-state index contributed by atoms with van der Waals surface area (Å²) in [5, 5.41) is 0. The van der Waals surface area contributed by atoms with Crippen LogP contribution in [-0.4, -0.2) is 11.2 Å². The zero-order chi connectivity index (χ0) is 15.3. The van der Waals surface area contributed by atoms with Gasteiger partial charge >= 0.3 is 6.18 Å². The topological polar surface area (TPSA) is 74.2 Å². The third-order valence-electron chi connectivity index (χ3n) is 3.60. The molecule has 0 spiro atoms. The Kier molecular flexibility index (Phi) is 2.93. The molecular formula is C14H12F3N3O. The van der Waals surface area contributed by atoms with Crippen LogP contribution >= 0.6 is 0 Å². The van der Waals surface area contributed by atoms with Gasteiger partial charge in [0.1, 0.15) is 11.3 Å². The van der Waals surface area contributed by atoms with Crippen LogP contribution < -0.4 is 16.2 Å². The van der Waals surface area contributed by atoms with E-state index in [-0.39, 0.29) is 5.56 Å². The number of hydrogen-bond donors (Lipinski definition) is 2. The van der Waals surface area contributed by atoms with E-state index in [0.29, 0.717) is 11.3 Å². The van der Waals surface area contributed by atoms with Crippen LogP contribution in [0.4, 0.5) is 13.2 Å². The second-order valence-electron chi connectivity index (χ2n) is 4.86. The van der Waals surface area contributed by atoms with Gasteiger partial charge in [-0.25, -0.2) is 0 Å². The number of rotatable bonds is 1. The molecule has 21 heavy (non-hydrogen) atoms. The molecule has 0 radical (unpaired) electrons. The first-order chi connectivity index (χ1) is 9.83. The Morgan fingerprint density at radius 1 is 1.24 bits per heavy atom. The van der Waals surface area contributed by atoms with Gasteiger partial charge in [-0.3, -0.25) is 10.7 Å². The number of aromatic nitrogens is 1. The highest BCUT2D eigenvalue weighted by atomic mass is 19.4. The summed E-state index contributed by atoms with van der Waals surface area (Å²) in [4.78, 5) is 3.89. The van der Waals surface area contributed by atoms with Gasteiger partial charge in [0.15, 0.2) is 6.23 Å². The maximum atomic E-state index is 12.9. The SMILES string of the molecule is NC1Oc2cnccc2C1(N)c1cccc(C(F)(F)F)c1. The van der Waals surface area contributed by atoms with Crippen LogP contribution in [0.3, 0.4) is 0 Å². The van der Waals surface area contributed by atoms with Crippen LogP contribution in [0, 0.1) is 0 Å². The van der Waals surface area contributed by atoms with Crippen molar-refractivity contribution in [2.45, 2.75) is 17.9 Å². The van der Waals surface area contributed by atoms with Gasteiger partial charge in [0.05, 0.1) is 11.8 Å². The monoisotopic (exact) mass is 295 g/mol.